The first-order valence-corrected chi connectivity index (χ1v) is 8.12. The summed E-state index contributed by atoms with van der Waals surface area (Å²) in [7, 11) is 0. The molecule has 5 aromatic rings. The SMILES string of the molecule is c1ccc(-c2nc(Nc3ccc4n[nH]nc4c3)c3ccccc3n2)nc1. The van der Waals surface area contributed by atoms with Crippen molar-refractivity contribution in [2.75, 3.05) is 5.32 Å². The Kier molecular flexibility index (Phi) is 3.28. The highest BCUT2D eigenvalue weighted by atomic mass is 15.3. The Morgan fingerprint density at radius 1 is 0.769 bits per heavy atom. The Hall–Kier alpha value is -3.87. The fourth-order valence-electron chi connectivity index (χ4n) is 2.84. The van der Waals surface area contributed by atoms with Gasteiger partial charge in [0.2, 0.25) is 0 Å². The lowest BCUT2D eigenvalue weighted by Crippen LogP contribution is -2.00. The van der Waals surface area contributed by atoms with Gasteiger partial charge in [0.15, 0.2) is 5.82 Å². The molecule has 0 atom stereocenters. The highest BCUT2D eigenvalue weighted by Crippen LogP contribution is 2.27. The molecule has 2 N–H and O–H groups in total. The number of anilines is 2. The van der Waals surface area contributed by atoms with Crippen molar-refractivity contribution in [1.29, 1.82) is 0 Å². The zero-order chi connectivity index (χ0) is 17.3. The lowest BCUT2D eigenvalue weighted by atomic mass is 10.2. The molecule has 0 bridgehead atoms. The van der Waals surface area contributed by atoms with Crippen LogP contribution in [0, 0.1) is 0 Å². The molecule has 0 saturated heterocycles. The molecule has 0 spiro atoms. The number of aromatic amines is 1. The summed E-state index contributed by atoms with van der Waals surface area (Å²) in [6.45, 7) is 0. The molecule has 0 aliphatic rings. The number of H-pyrrole nitrogens is 1. The Balaban J connectivity index is 1.65. The van der Waals surface area contributed by atoms with Gasteiger partial charge >= 0.3 is 0 Å². The number of hydrogen-bond donors (Lipinski definition) is 2. The summed E-state index contributed by atoms with van der Waals surface area (Å²) >= 11 is 0. The summed E-state index contributed by atoms with van der Waals surface area (Å²) < 4.78 is 0. The predicted molar refractivity (Wildman–Crippen MR) is 99.9 cm³/mol. The number of nitrogens with zero attached hydrogens (tertiary/aromatic N) is 5. The van der Waals surface area contributed by atoms with Gasteiger partial charge in [-0.15, -0.1) is 0 Å². The maximum atomic E-state index is 4.71. The molecule has 2 aromatic carbocycles. The van der Waals surface area contributed by atoms with E-state index in [1.165, 1.54) is 0 Å². The third kappa shape index (κ3) is 2.51. The fourth-order valence-corrected chi connectivity index (χ4v) is 2.84. The standard InChI is InChI=1S/C19H13N7/c1-2-6-14-13(5-1)18(23-19(22-14)16-7-3-4-10-20-16)21-12-8-9-15-17(11-12)25-26-24-15/h1-11H,(H,21,22,23)(H,24,25,26). The van der Waals surface area contributed by atoms with Gasteiger partial charge < -0.3 is 5.32 Å². The van der Waals surface area contributed by atoms with E-state index in [1.807, 2.05) is 60.7 Å². The molecule has 0 radical (unpaired) electrons. The minimum absolute atomic E-state index is 0.578. The molecule has 7 heteroatoms. The van der Waals surface area contributed by atoms with Gasteiger partial charge in [0.1, 0.15) is 22.5 Å². The summed E-state index contributed by atoms with van der Waals surface area (Å²) in [5.41, 5.74) is 4.07. The van der Waals surface area contributed by atoms with Crippen LogP contribution >= 0.6 is 0 Å². The molecular formula is C19H13N7. The van der Waals surface area contributed by atoms with Crippen molar-refractivity contribution < 1.29 is 0 Å². The molecule has 5 rings (SSSR count). The Morgan fingerprint density at radius 3 is 2.58 bits per heavy atom. The third-order valence-electron chi connectivity index (χ3n) is 4.08. The normalized spacial score (nSPS) is 11.1. The largest absolute Gasteiger partial charge is 0.340 e. The van der Waals surface area contributed by atoms with Gasteiger partial charge in [-0.3, -0.25) is 4.98 Å². The van der Waals surface area contributed by atoms with Crippen molar-refractivity contribution >= 4 is 33.4 Å². The van der Waals surface area contributed by atoms with E-state index in [9.17, 15) is 0 Å². The first-order valence-electron chi connectivity index (χ1n) is 8.12. The van der Waals surface area contributed by atoms with Crippen LogP contribution in [-0.2, 0) is 0 Å². The summed E-state index contributed by atoms with van der Waals surface area (Å²) in [5, 5.41) is 15.1. The van der Waals surface area contributed by atoms with Crippen LogP contribution in [0.25, 0.3) is 33.5 Å². The number of benzene rings is 2. The van der Waals surface area contributed by atoms with Gasteiger partial charge in [-0.05, 0) is 42.5 Å². The quantitative estimate of drug-likeness (QED) is 0.520. The first-order chi connectivity index (χ1) is 12.9. The molecule has 0 unspecified atom stereocenters. The number of rotatable bonds is 3. The lowest BCUT2D eigenvalue weighted by Gasteiger charge is -2.10. The Labute approximate surface area is 148 Å². The molecule has 26 heavy (non-hydrogen) atoms. The van der Waals surface area contributed by atoms with E-state index in [0.717, 1.165) is 39.1 Å². The molecule has 0 fully saturated rings. The van der Waals surface area contributed by atoms with Gasteiger partial charge in [0.05, 0.1) is 5.52 Å². The molecule has 124 valence electrons. The van der Waals surface area contributed by atoms with Crippen LogP contribution in [0.2, 0.25) is 0 Å². The minimum atomic E-state index is 0.578. The summed E-state index contributed by atoms with van der Waals surface area (Å²) in [6, 6.07) is 19.4. The lowest BCUT2D eigenvalue weighted by molar-refractivity contribution is 0.959. The highest BCUT2D eigenvalue weighted by molar-refractivity contribution is 5.92. The minimum Gasteiger partial charge on any atom is -0.340 e. The van der Waals surface area contributed by atoms with Crippen LogP contribution in [-0.4, -0.2) is 30.4 Å². The maximum Gasteiger partial charge on any atom is 0.180 e. The second-order valence-corrected chi connectivity index (χ2v) is 5.78. The van der Waals surface area contributed by atoms with E-state index >= 15 is 0 Å². The average Bonchev–Trinajstić information content (AvgIpc) is 3.16. The van der Waals surface area contributed by atoms with Gasteiger partial charge in [0.25, 0.3) is 0 Å². The average molecular weight is 339 g/mol. The predicted octanol–water partition coefficient (Wildman–Crippen LogP) is 3.71. The molecule has 0 saturated carbocycles. The van der Waals surface area contributed by atoms with Crippen molar-refractivity contribution in [1.82, 2.24) is 30.4 Å². The molecule has 3 heterocycles. The van der Waals surface area contributed by atoms with Crippen LogP contribution in [0.15, 0.2) is 66.9 Å². The number of nitrogens with one attached hydrogen (secondary N) is 2. The van der Waals surface area contributed by atoms with Crippen LogP contribution in [0.4, 0.5) is 11.5 Å². The van der Waals surface area contributed by atoms with E-state index < -0.39 is 0 Å². The molecular weight excluding hydrogens is 326 g/mol. The molecule has 0 aliphatic carbocycles. The van der Waals surface area contributed by atoms with E-state index in [2.05, 4.69) is 30.7 Å². The monoisotopic (exact) mass is 339 g/mol. The second kappa shape index (κ2) is 5.89. The van der Waals surface area contributed by atoms with E-state index in [1.54, 1.807) is 6.20 Å². The highest BCUT2D eigenvalue weighted by Gasteiger charge is 2.11. The van der Waals surface area contributed by atoms with Crippen molar-refractivity contribution in [3.63, 3.8) is 0 Å². The van der Waals surface area contributed by atoms with Crippen molar-refractivity contribution in [3.05, 3.63) is 66.9 Å². The number of aromatic nitrogens is 6. The summed E-state index contributed by atoms with van der Waals surface area (Å²) in [4.78, 5) is 13.7. The van der Waals surface area contributed by atoms with Crippen LogP contribution in [0.1, 0.15) is 0 Å². The molecule has 0 amide bonds. The molecule has 7 nitrogen and oxygen atoms in total. The zero-order valence-electron chi connectivity index (χ0n) is 13.6. The molecule has 0 aliphatic heterocycles. The van der Waals surface area contributed by atoms with Gasteiger partial charge in [0, 0.05) is 17.3 Å². The fraction of sp³-hybridized carbons (Fsp3) is 0. The van der Waals surface area contributed by atoms with E-state index in [-0.39, 0.29) is 0 Å². The number of fused-ring (bicyclic) bond motifs is 2. The zero-order valence-corrected chi connectivity index (χ0v) is 13.6. The van der Waals surface area contributed by atoms with Crippen molar-refractivity contribution in [2.24, 2.45) is 0 Å². The number of hydrogen-bond acceptors (Lipinski definition) is 6. The third-order valence-corrected chi connectivity index (χ3v) is 4.08. The Morgan fingerprint density at radius 2 is 1.65 bits per heavy atom. The van der Waals surface area contributed by atoms with Crippen molar-refractivity contribution in [3.8, 4) is 11.5 Å². The van der Waals surface area contributed by atoms with E-state index in [4.69, 9.17) is 4.98 Å². The van der Waals surface area contributed by atoms with Crippen molar-refractivity contribution in [2.45, 2.75) is 0 Å². The maximum absolute atomic E-state index is 4.71. The topological polar surface area (TPSA) is 92.3 Å². The van der Waals surface area contributed by atoms with E-state index in [0.29, 0.717) is 5.82 Å². The van der Waals surface area contributed by atoms with Gasteiger partial charge in [-0.25, -0.2) is 9.97 Å². The Bertz CT molecular complexity index is 1210. The number of pyridine rings is 1. The number of para-hydroxylation sites is 1. The summed E-state index contributed by atoms with van der Waals surface area (Å²) in [5.74, 6) is 1.30. The molecule has 3 aromatic heterocycles. The van der Waals surface area contributed by atoms with Gasteiger partial charge in [-0.1, -0.05) is 18.2 Å². The van der Waals surface area contributed by atoms with Crippen LogP contribution < -0.4 is 5.32 Å². The van der Waals surface area contributed by atoms with Crippen LogP contribution in [0.5, 0.6) is 0 Å². The van der Waals surface area contributed by atoms with Gasteiger partial charge in [-0.2, -0.15) is 15.4 Å². The smallest absolute Gasteiger partial charge is 0.180 e. The van der Waals surface area contributed by atoms with Crippen LogP contribution in [0.3, 0.4) is 0 Å². The second-order valence-electron chi connectivity index (χ2n) is 5.78. The first kappa shape index (κ1) is 14.5. The summed E-state index contributed by atoms with van der Waals surface area (Å²) in [6.07, 6.45) is 1.74.